The molecule has 0 spiro atoms. The predicted molar refractivity (Wildman–Crippen MR) is 96.9 cm³/mol. The number of hydrogen-bond donors (Lipinski definition) is 1. The molecular weight excluding hydrogens is 413 g/mol. The van der Waals surface area contributed by atoms with Crippen LogP contribution < -0.4 is 0 Å². The molecule has 7 nitrogen and oxygen atoms in total. The lowest BCUT2D eigenvalue weighted by molar-refractivity contribution is -0.192. The lowest BCUT2D eigenvalue weighted by Gasteiger charge is -2.33. The Morgan fingerprint density at radius 3 is 2.62 bits per heavy atom. The zero-order valence-corrected chi connectivity index (χ0v) is 16.5. The highest BCUT2D eigenvalue weighted by Gasteiger charge is 2.45. The summed E-state index contributed by atoms with van der Waals surface area (Å²) in [5, 5.41) is 13.0. The molecule has 29 heavy (non-hydrogen) atoms. The van der Waals surface area contributed by atoms with Gasteiger partial charge in [-0.05, 0) is 40.6 Å². The van der Waals surface area contributed by atoms with Crippen LogP contribution in [-0.2, 0) is 25.7 Å². The number of aliphatic carboxylic acids is 1. The van der Waals surface area contributed by atoms with Crippen LogP contribution in [0.2, 0.25) is 0 Å². The van der Waals surface area contributed by atoms with Crippen molar-refractivity contribution < 1.29 is 37.4 Å². The van der Waals surface area contributed by atoms with Crippen LogP contribution >= 0.6 is 11.3 Å². The molecule has 1 aromatic heterocycles. The molecule has 0 aromatic carbocycles. The van der Waals surface area contributed by atoms with Gasteiger partial charge in [0.2, 0.25) is 0 Å². The maximum atomic E-state index is 12.7. The second kappa shape index (κ2) is 9.41. The Labute approximate surface area is 169 Å². The third-order valence-corrected chi connectivity index (χ3v) is 5.99. The van der Waals surface area contributed by atoms with Gasteiger partial charge in [-0.2, -0.15) is 24.5 Å². The first-order valence-electron chi connectivity index (χ1n) is 9.31. The zero-order chi connectivity index (χ0) is 21.0. The highest BCUT2D eigenvalue weighted by atomic mass is 32.1. The molecule has 0 aliphatic carbocycles. The molecule has 1 N–H and O–H groups in total. The topological polar surface area (TPSA) is 79.3 Å². The van der Waals surface area contributed by atoms with Crippen LogP contribution in [0.15, 0.2) is 16.8 Å². The van der Waals surface area contributed by atoms with Crippen LogP contribution in [0.3, 0.4) is 0 Å². The fraction of sp³-hybridized carbons (Fsp3) is 0.667. The van der Waals surface area contributed by atoms with Gasteiger partial charge in [-0.15, -0.1) is 0 Å². The van der Waals surface area contributed by atoms with Crippen molar-refractivity contribution in [3.05, 3.63) is 22.4 Å². The predicted octanol–water partition coefficient (Wildman–Crippen LogP) is 2.24. The Hall–Kier alpha value is -1.69. The summed E-state index contributed by atoms with van der Waals surface area (Å²) in [6, 6.07) is 2.18. The quantitative estimate of drug-likeness (QED) is 0.783. The largest absolute Gasteiger partial charge is 0.490 e. The molecule has 1 amide bonds. The van der Waals surface area contributed by atoms with E-state index >= 15 is 0 Å². The van der Waals surface area contributed by atoms with E-state index in [1.54, 1.807) is 16.4 Å². The number of hydroxylamine groups is 2. The van der Waals surface area contributed by atoms with E-state index in [1.165, 1.54) is 5.56 Å². The second-order valence-corrected chi connectivity index (χ2v) is 8.10. The minimum Gasteiger partial charge on any atom is -0.475 e. The third kappa shape index (κ3) is 5.68. The standard InChI is InChI=1S/C16H22N2O3S.C2HF3O2/c19-16(18-3-1-4-21-18)15-10-20-9-13-7-17(8-14(13)15)6-12-2-5-22-11-12;3-2(4,5)1(6)7/h2,5,11,13-15H,1,3-4,6-10H2;(H,6,7)/t13-,14-,15-;/m1./s1. The van der Waals surface area contributed by atoms with Gasteiger partial charge in [0.1, 0.15) is 0 Å². The Morgan fingerprint density at radius 2 is 2.03 bits per heavy atom. The molecule has 11 heteroatoms. The summed E-state index contributed by atoms with van der Waals surface area (Å²) in [4.78, 5) is 29.5. The number of carboxylic acids is 1. The first kappa shape index (κ1) is 22.0. The third-order valence-electron chi connectivity index (χ3n) is 5.26. The van der Waals surface area contributed by atoms with Gasteiger partial charge in [-0.25, -0.2) is 9.86 Å². The molecule has 3 fully saturated rings. The molecule has 3 saturated heterocycles. The number of fused-ring (bicyclic) bond motifs is 1. The van der Waals surface area contributed by atoms with Gasteiger partial charge in [-0.1, -0.05) is 0 Å². The van der Waals surface area contributed by atoms with E-state index in [0.717, 1.165) is 39.2 Å². The summed E-state index contributed by atoms with van der Waals surface area (Å²) in [5.41, 5.74) is 1.37. The fourth-order valence-corrected chi connectivity index (χ4v) is 4.58. The van der Waals surface area contributed by atoms with Gasteiger partial charge in [0.25, 0.3) is 5.91 Å². The van der Waals surface area contributed by atoms with Crippen molar-refractivity contribution >= 4 is 23.2 Å². The fourth-order valence-electron chi connectivity index (χ4n) is 3.92. The van der Waals surface area contributed by atoms with Crippen molar-refractivity contribution in [1.29, 1.82) is 0 Å². The van der Waals surface area contributed by atoms with E-state index in [-0.39, 0.29) is 11.8 Å². The van der Waals surface area contributed by atoms with E-state index in [4.69, 9.17) is 19.5 Å². The normalized spacial score (nSPS) is 27.3. The summed E-state index contributed by atoms with van der Waals surface area (Å²) in [6.45, 7) is 5.74. The lowest BCUT2D eigenvalue weighted by atomic mass is 9.82. The van der Waals surface area contributed by atoms with Crippen molar-refractivity contribution in [3.8, 4) is 0 Å². The Morgan fingerprint density at radius 1 is 1.28 bits per heavy atom. The van der Waals surface area contributed by atoms with Crippen LogP contribution in [0.4, 0.5) is 13.2 Å². The number of carbonyl (C=O) groups excluding carboxylic acids is 1. The van der Waals surface area contributed by atoms with Crippen LogP contribution in [-0.4, -0.2) is 72.6 Å². The number of carbonyl (C=O) groups is 2. The van der Waals surface area contributed by atoms with Gasteiger partial charge in [0, 0.05) is 19.6 Å². The first-order valence-corrected chi connectivity index (χ1v) is 10.3. The molecule has 0 unspecified atom stereocenters. The van der Waals surface area contributed by atoms with E-state index < -0.39 is 12.1 Å². The Kier molecular flexibility index (Phi) is 7.14. The number of ether oxygens (including phenoxy) is 1. The summed E-state index contributed by atoms with van der Waals surface area (Å²) in [6.07, 6.45) is -4.14. The van der Waals surface area contributed by atoms with E-state index in [9.17, 15) is 18.0 Å². The average Bonchev–Trinajstić information content (AvgIpc) is 3.42. The highest BCUT2D eigenvalue weighted by molar-refractivity contribution is 7.07. The highest BCUT2D eigenvalue weighted by Crippen LogP contribution is 2.36. The molecule has 4 heterocycles. The summed E-state index contributed by atoms with van der Waals surface area (Å²) < 4.78 is 37.5. The SMILES string of the molecule is O=C(O)C(F)(F)F.O=C([C@@H]1COC[C@H]2CN(Cc3ccsc3)C[C@H]21)N1CCCO1. The van der Waals surface area contributed by atoms with Gasteiger partial charge in [0.05, 0.1) is 32.3 Å². The molecule has 1 aromatic rings. The van der Waals surface area contributed by atoms with Gasteiger partial charge < -0.3 is 9.84 Å². The minimum atomic E-state index is -5.08. The molecule has 162 valence electrons. The smallest absolute Gasteiger partial charge is 0.475 e. The Bertz CT molecular complexity index is 694. The number of nitrogens with zero attached hydrogens (tertiary/aromatic N) is 2. The van der Waals surface area contributed by atoms with E-state index in [1.807, 2.05) is 0 Å². The Balaban J connectivity index is 0.000000298. The first-order chi connectivity index (χ1) is 13.8. The van der Waals surface area contributed by atoms with Gasteiger partial charge in [0.15, 0.2) is 0 Å². The van der Waals surface area contributed by atoms with Crippen LogP contribution in [0.1, 0.15) is 12.0 Å². The van der Waals surface area contributed by atoms with Crippen molar-refractivity contribution in [2.45, 2.75) is 19.1 Å². The van der Waals surface area contributed by atoms with Crippen LogP contribution in [0.25, 0.3) is 0 Å². The maximum Gasteiger partial charge on any atom is 0.490 e. The average molecular weight is 436 g/mol. The van der Waals surface area contributed by atoms with Crippen molar-refractivity contribution in [1.82, 2.24) is 9.96 Å². The number of halogens is 3. The van der Waals surface area contributed by atoms with Crippen molar-refractivity contribution in [3.63, 3.8) is 0 Å². The van der Waals surface area contributed by atoms with Gasteiger partial charge in [-0.3, -0.25) is 14.5 Å². The molecule has 4 rings (SSSR count). The second-order valence-electron chi connectivity index (χ2n) is 7.32. The lowest BCUT2D eigenvalue weighted by Crippen LogP contribution is -2.45. The summed E-state index contributed by atoms with van der Waals surface area (Å²) >= 11 is 1.74. The maximum absolute atomic E-state index is 12.7. The number of carboxylic acid groups (broad SMARTS) is 1. The van der Waals surface area contributed by atoms with Gasteiger partial charge >= 0.3 is 12.1 Å². The minimum absolute atomic E-state index is 0.0377. The number of alkyl halides is 3. The van der Waals surface area contributed by atoms with E-state index in [0.29, 0.717) is 25.0 Å². The molecule has 3 aliphatic rings. The number of amides is 1. The van der Waals surface area contributed by atoms with Crippen molar-refractivity contribution in [2.75, 3.05) is 39.5 Å². The molecule has 0 radical (unpaired) electrons. The summed E-state index contributed by atoms with van der Waals surface area (Å²) in [5.74, 6) is -1.78. The summed E-state index contributed by atoms with van der Waals surface area (Å²) in [7, 11) is 0. The number of thiophene rings is 1. The van der Waals surface area contributed by atoms with Crippen molar-refractivity contribution in [2.24, 2.45) is 17.8 Å². The van der Waals surface area contributed by atoms with E-state index in [2.05, 4.69) is 21.7 Å². The molecule has 0 bridgehead atoms. The number of likely N-dealkylation sites (tertiary alicyclic amines) is 1. The number of rotatable bonds is 3. The molecule has 3 atom stereocenters. The molecular formula is C18H23F3N2O5S. The zero-order valence-electron chi connectivity index (χ0n) is 15.6. The van der Waals surface area contributed by atoms with Crippen LogP contribution in [0.5, 0.6) is 0 Å². The monoisotopic (exact) mass is 436 g/mol. The number of hydrogen-bond acceptors (Lipinski definition) is 6. The molecule has 0 saturated carbocycles. The molecule has 3 aliphatic heterocycles. The van der Waals surface area contributed by atoms with Crippen LogP contribution in [0, 0.1) is 17.8 Å².